The predicted octanol–water partition coefficient (Wildman–Crippen LogP) is 2.05. The fourth-order valence-electron chi connectivity index (χ4n) is 2.91. The van der Waals surface area contributed by atoms with Crippen LogP contribution in [-0.2, 0) is 6.54 Å². The second-order valence-electron chi connectivity index (χ2n) is 6.54. The first-order valence-corrected chi connectivity index (χ1v) is 10.1. The molecule has 3 heterocycles. The number of rotatable bonds is 10. The van der Waals surface area contributed by atoms with Crippen LogP contribution < -0.4 is 19.8 Å². The van der Waals surface area contributed by atoms with Crippen LogP contribution in [0.15, 0.2) is 41.3 Å². The molecule has 0 spiro atoms. The first kappa shape index (κ1) is 20.3. The van der Waals surface area contributed by atoms with Crippen LogP contribution in [0, 0.1) is 0 Å². The van der Waals surface area contributed by atoms with Crippen LogP contribution in [0.25, 0.3) is 5.65 Å². The van der Waals surface area contributed by atoms with Crippen LogP contribution >= 0.6 is 15.9 Å². The summed E-state index contributed by atoms with van der Waals surface area (Å²) in [6, 6.07) is 5.98. The zero-order valence-electron chi connectivity index (χ0n) is 16.2. The van der Waals surface area contributed by atoms with Crippen LogP contribution in [0.5, 0.6) is 0 Å². The van der Waals surface area contributed by atoms with Gasteiger partial charge in [-0.25, -0.2) is 4.98 Å². The standard InChI is InChI=1S/C19H26BrN6O2/c1-24(8-4-3-5-10-27)18-11-17(26-19(23-18)16(20)13-22-26)21-12-15-7-6-9-25(14-15)28-2/h6-7,9,11,13-14,21,27H,3-5,8,10,12H2,1-2H3/q+1. The number of nitrogens with one attached hydrogen (secondary N) is 1. The Balaban J connectivity index is 1.80. The molecule has 28 heavy (non-hydrogen) atoms. The van der Waals surface area contributed by atoms with Crippen LogP contribution in [0.2, 0.25) is 0 Å². The topological polar surface area (TPSA) is 78.8 Å². The third kappa shape index (κ3) is 4.90. The first-order chi connectivity index (χ1) is 13.6. The molecular weight excluding hydrogens is 424 g/mol. The molecule has 0 bridgehead atoms. The Labute approximate surface area is 172 Å². The van der Waals surface area contributed by atoms with Crippen molar-refractivity contribution in [2.24, 2.45) is 0 Å². The minimum Gasteiger partial charge on any atom is -0.396 e. The van der Waals surface area contributed by atoms with E-state index in [1.54, 1.807) is 22.6 Å². The summed E-state index contributed by atoms with van der Waals surface area (Å²) in [7, 11) is 3.66. The van der Waals surface area contributed by atoms with Crippen molar-refractivity contribution in [2.75, 3.05) is 37.5 Å². The lowest BCUT2D eigenvalue weighted by Gasteiger charge is -2.19. The Morgan fingerprint density at radius 1 is 1.36 bits per heavy atom. The quantitative estimate of drug-likeness (QED) is 0.364. The molecule has 3 rings (SSSR count). The highest BCUT2D eigenvalue weighted by molar-refractivity contribution is 9.10. The van der Waals surface area contributed by atoms with Gasteiger partial charge in [0, 0.05) is 49.2 Å². The maximum absolute atomic E-state index is 8.94. The van der Waals surface area contributed by atoms with E-state index in [0.29, 0.717) is 6.54 Å². The lowest BCUT2D eigenvalue weighted by atomic mass is 10.2. The second-order valence-corrected chi connectivity index (χ2v) is 7.40. The van der Waals surface area contributed by atoms with Crippen molar-refractivity contribution in [1.82, 2.24) is 14.6 Å². The van der Waals surface area contributed by atoms with Gasteiger partial charge in [-0.2, -0.15) is 9.61 Å². The van der Waals surface area contributed by atoms with Gasteiger partial charge in [0.2, 0.25) is 12.4 Å². The highest BCUT2D eigenvalue weighted by Crippen LogP contribution is 2.24. The SMILES string of the molecule is CO[n+]1cccc(CNc2cc(N(C)CCCCCO)nc3c(Br)cnn23)c1. The van der Waals surface area contributed by atoms with Crippen molar-refractivity contribution >= 4 is 33.2 Å². The van der Waals surface area contributed by atoms with E-state index < -0.39 is 0 Å². The van der Waals surface area contributed by atoms with E-state index in [-0.39, 0.29) is 6.61 Å². The maximum atomic E-state index is 8.94. The summed E-state index contributed by atoms with van der Waals surface area (Å²) >= 11 is 3.53. The van der Waals surface area contributed by atoms with Crippen LogP contribution in [0.1, 0.15) is 24.8 Å². The third-order valence-electron chi connectivity index (χ3n) is 4.48. The van der Waals surface area contributed by atoms with Crippen molar-refractivity contribution in [3.63, 3.8) is 0 Å². The average molecular weight is 450 g/mol. The number of aromatic nitrogens is 4. The summed E-state index contributed by atoms with van der Waals surface area (Å²) in [4.78, 5) is 12.1. The number of pyridine rings is 1. The van der Waals surface area contributed by atoms with Gasteiger partial charge in [0.25, 0.3) is 0 Å². The zero-order chi connectivity index (χ0) is 19.9. The molecule has 0 amide bonds. The van der Waals surface area contributed by atoms with Crippen molar-refractivity contribution in [2.45, 2.75) is 25.8 Å². The molecule has 0 saturated carbocycles. The van der Waals surface area contributed by atoms with Crippen molar-refractivity contribution in [3.8, 4) is 0 Å². The summed E-state index contributed by atoms with van der Waals surface area (Å²) in [5.74, 6) is 1.74. The molecular formula is C19H26BrN6O2+. The lowest BCUT2D eigenvalue weighted by Crippen LogP contribution is -2.40. The van der Waals surface area contributed by atoms with E-state index in [9.17, 15) is 0 Å². The van der Waals surface area contributed by atoms with Crippen molar-refractivity contribution in [1.29, 1.82) is 0 Å². The molecule has 2 N–H and O–H groups in total. The first-order valence-electron chi connectivity index (χ1n) is 9.27. The Morgan fingerprint density at radius 2 is 2.21 bits per heavy atom. The minimum atomic E-state index is 0.243. The Hall–Kier alpha value is -2.39. The molecule has 0 saturated heterocycles. The van der Waals surface area contributed by atoms with E-state index in [1.807, 2.05) is 37.6 Å². The summed E-state index contributed by atoms with van der Waals surface area (Å²) in [6.45, 7) is 1.74. The number of anilines is 2. The summed E-state index contributed by atoms with van der Waals surface area (Å²) in [5.41, 5.74) is 1.85. The van der Waals surface area contributed by atoms with Crippen molar-refractivity contribution in [3.05, 3.63) is 46.8 Å². The molecule has 0 radical (unpaired) electrons. The van der Waals surface area contributed by atoms with Crippen LogP contribution in [0.3, 0.4) is 0 Å². The minimum absolute atomic E-state index is 0.243. The molecule has 0 atom stereocenters. The Morgan fingerprint density at radius 3 is 3.00 bits per heavy atom. The summed E-state index contributed by atoms with van der Waals surface area (Å²) in [5, 5.41) is 16.8. The maximum Gasteiger partial charge on any atom is 0.227 e. The van der Waals surface area contributed by atoms with Gasteiger partial charge < -0.3 is 15.3 Å². The number of aliphatic hydroxyl groups is 1. The molecule has 3 aromatic rings. The van der Waals surface area contributed by atoms with Gasteiger partial charge in [0.1, 0.15) is 18.7 Å². The number of aliphatic hydroxyl groups excluding tert-OH is 1. The fourth-order valence-corrected chi connectivity index (χ4v) is 3.26. The van der Waals surface area contributed by atoms with Crippen LogP contribution in [0.4, 0.5) is 11.6 Å². The number of unbranched alkanes of at least 4 members (excludes halogenated alkanes) is 2. The number of fused-ring (bicyclic) bond motifs is 1. The molecule has 8 nitrogen and oxygen atoms in total. The Bertz CT molecular complexity index is 917. The highest BCUT2D eigenvalue weighted by atomic mass is 79.9. The smallest absolute Gasteiger partial charge is 0.227 e. The summed E-state index contributed by atoms with van der Waals surface area (Å²) < 4.78 is 4.30. The van der Waals surface area contributed by atoms with E-state index in [2.05, 4.69) is 31.2 Å². The molecule has 9 heteroatoms. The monoisotopic (exact) mass is 449 g/mol. The zero-order valence-corrected chi connectivity index (χ0v) is 17.8. The van der Waals surface area contributed by atoms with E-state index in [1.165, 1.54) is 0 Å². The molecule has 0 fully saturated rings. The largest absolute Gasteiger partial charge is 0.396 e. The number of hydrogen-bond acceptors (Lipinski definition) is 6. The third-order valence-corrected chi connectivity index (χ3v) is 5.04. The summed E-state index contributed by atoms with van der Waals surface area (Å²) in [6.07, 6.45) is 8.37. The fraction of sp³-hybridized carbons (Fsp3) is 0.421. The van der Waals surface area contributed by atoms with Crippen LogP contribution in [-0.4, -0.2) is 47.0 Å². The van der Waals surface area contributed by atoms with E-state index in [4.69, 9.17) is 14.9 Å². The predicted molar refractivity (Wildman–Crippen MR) is 111 cm³/mol. The van der Waals surface area contributed by atoms with E-state index in [0.717, 1.165) is 53.1 Å². The molecule has 150 valence electrons. The van der Waals surface area contributed by atoms with Gasteiger partial charge in [0.15, 0.2) is 5.65 Å². The lowest BCUT2D eigenvalue weighted by molar-refractivity contribution is -0.885. The molecule has 0 aromatic carbocycles. The number of hydrogen-bond donors (Lipinski definition) is 2. The second kappa shape index (κ2) is 9.70. The van der Waals surface area contributed by atoms with Gasteiger partial charge in [-0.1, -0.05) is 0 Å². The number of nitrogens with zero attached hydrogens (tertiary/aromatic N) is 5. The Kier molecular flexibility index (Phi) is 7.05. The number of halogens is 1. The van der Waals surface area contributed by atoms with Gasteiger partial charge in [-0.15, -0.1) is 0 Å². The van der Waals surface area contributed by atoms with Crippen molar-refractivity contribution < 1.29 is 14.7 Å². The normalized spacial score (nSPS) is 11.0. The highest BCUT2D eigenvalue weighted by Gasteiger charge is 2.13. The molecule has 0 aliphatic heterocycles. The molecule has 0 aliphatic rings. The van der Waals surface area contributed by atoms with Gasteiger partial charge in [0.05, 0.1) is 10.7 Å². The van der Waals surface area contributed by atoms with E-state index >= 15 is 0 Å². The van der Waals surface area contributed by atoms with Gasteiger partial charge in [-0.3, -0.25) is 4.84 Å². The molecule has 0 unspecified atom stereocenters. The average Bonchev–Trinajstić information content (AvgIpc) is 3.10. The van der Waals surface area contributed by atoms with Gasteiger partial charge >= 0.3 is 0 Å². The molecule has 3 aromatic heterocycles. The molecule has 0 aliphatic carbocycles. The van der Waals surface area contributed by atoms with Gasteiger partial charge in [-0.05, 0) is 41.3 Å².